The van der Waals surface area contributed by atoms with Gasteiger partial charge >= 0.3 is 0 Å². The number of ether oxygens (including phenoxy) is 1. The van der Waals surface area contributed by atoms with Crippen molar-refractivity contribution in [3.8, 4) is 5.75 Å². The van der Waals surface area contributed by atoms with E-state index in [4.69, 9.17) is 17.0 Å². The van der Waals surface area contributed by atoms with E-state index in [1.165, 1.54) is 0 Å². The molecule has 1 aromatic carbocycles. The average molecular weight is 301 g/mol. The number of methoxy groups -OCH3 is 1. The van der Waals surface area contributed by atoms with Crippen LogP contribution < -0.4 is 15.4 Å². The Balaban J connectivity index is 2.42. The molecule has 1 aliphatic rings. The first-order valence-corrected chi connectivity index (χ1v) is 5.76. The first-order chi connectivity index (χ1) is 7.61. The average Bonchev–Trinajstić information content (AvgIpc) is 2.57. The van der Waals surface area contributed by atoms with Crippen molar-refractivity contribution in [2.75, 3.05) is 7.11 Å². The fourth-order valence-electron chi connectivity index (χ4n) is 1.57. The summed E-state index contributed by atoms with van der Waals surface area (Å²) in [5.41, 5.74) is 0.759. The van der Waals surface area contributed by atoms with E-state index in [1.807, 2.05) is 12.1 Å². The first kappa shape index (κ1) is 11.3. The van der Waals surface area contributed by atoms with Crippen molar-refractivity contribution in [1.82, 2.24) is 10.6 Å². The number of nitrogens with one attached hydrogen (secondary N) is 2. The Hall–Kier alpha value is -1.14. The van der Waals surface area contributed by atoms with Crippen LogP contribution >= 0.6 is 28.1 Å². The van der Waals surface area contributed by atoms with E-state index in [1.54, 1.807) is 13.2 Å². The Bertz CT molecular complexity index is 464. The molecule has 2 N–H and O–H groups in total. The summed E-state index contributed by atoms with van der Waals surface area (Å²) >= 11 is 8.25. The normalized spacial score (nSPS) is 19.2. The van der Waals surface area contributed by atoms with Crippen LogP contribution in [-0.2, 0) is 4.79 Å². The molecule has 1 saturated heterocycles. The lowest BCUT2D eigenvalue weighted by atomic mass is 10.1. The van der Waals surface area contributed by atoms with E-state index in [2.05, 4.69) is 26.6 Å². The number of carbonyl (C=O) groups excluding carboxylic acids is 1. The predicted molar refractivity (Wildman–Crippen MR) is 67.3 cm³/mol. The third kappa shape index (κ3) is 2.03. The van der Waals surface area contributed by atoms with Crippen LogP contribution in [0.2, 0.25) is 0 Å². The van der Waals surface area contributed by atoms with Crippen molar-refractivity contribution in [2.24, 2.45) is 0 Å². The van der Waals surface area contributed by atoms with Gasteiger partial charge in [-0.15, -0.1) is 0 Å². The SMILES string of the molecule is COc1ccc(Br)cc1C1NC(=S)NC1=O. The molecule has 84 valence electrons. The molecule has 0 saturated carbocycles. The highest BCUT2D eigenvalue weighted by molar-refractivity contribution is 9.10. The maximum absolute atomic E-state index is 11.6. The molecule has 0 aromatic heterocycles. The van der Waals surface area contributed by atoms with Crippen LogP contribution in [-0.4, -0.2) is 18.1 Å². The van der Waals surface area contributed by atoms with E-state index in [0.29, 0.717) is 10.9 Å². The topological polar surface area (TPSA) is 50.4 Å². The summed E-state index contributed by atoms with van der Waals surface area (Å²) in [5, 5.41) is 5.78. The summed E-state index contributed by atoms with van der Waals surface area (Å²) in [5.74, 6) is 0.488. The van der Waals surface area contributed by atoms with Crippen LogP contribution in [0.5, 0.6) is 5.75 Å². The fourth-order valence-corrected chi connectivity index (χ4v) is 2.16. The number of carbonyl (C=O) groups is 1. The Morgan fingerprint density at radius 3 is 2.81 bits per heavy atom. The van der Waals surface area contributed by atoms with Crippen LogP contribution in [0.1, 0.15) is 11.6 Å². The first-order valence-electron chi connectivity index (χ1n) is 4.56. The third-order valence-electron chi connectivity index (χ3n) is 2.28. The Kier molecular flexibility index (Phi) is 3.11. The minimum absolute atomic E-state index is 0.165. The summed E-state index contributed by atoms with van der Waals surface area (Å²) in [6.45, 7) is 0. The van der Waals surface area contributed by atoms with Gasteiger partial charge in [0, 0.05) is 10.0 Å². The lowest BCUT2D eigenvalue weighted by Gasteiger charge is -2.13. The predicted octanol–water partition coefficient (Wildman–Crippen LogP) is 1.50. The highest BCUT2D eigenvalue weighted by Crippen LogP contribution is 2.29. The van der Waals surface area contributed by atoms with Crippen LogP contribution in [0, 0.1) is 0 Å². The van der Waals surface area contributed by atoms with Crippen LogP contribution in [0.25, 0.3) is 0 Å². The summed E-state index contributed by atoms with van der Waals surface area (Å²) < 4.78 is 6.10. The van der Waals surface area contributed by atoms with Gasteiger partial charge in [0.05, 0.1) is 7.11 Å². The van der Waals surface area contributed by atoms with Crippen molar-refractivity contribution in [2.45, 2.75) is 6.04 Å². The number of rotatable bonds is 2. The van der Waals surface area contributed by atoms with Crippen molar-refractivity contribution >= 4 is 39.2 Å². The zero-order chi connectivity index (χ0) is 11.7. The molecule has 1 aliphatic heterocycles. The number of hydrogen-bond acceptors (Lipinski definition) is 3. The van der Waals surface area contributed by atoms with Gasteiger partial charge in [-0.1, -0.05) is 15.9 Å². The van der Waals surface area contributed by atoms with Crippen molar-refractivity contribution < 1.29 is 9.53 Å². The van der Waals surface area contributed by atoms with Crippen LogP contribution in [0.15, 0.2) is 22.7 Å². The van der Waals surface area contributed by atoms with Crippen molar-refractivity contribution in [1.29, 1.82) is 0 Å². The van der Waals surface area contributed by atoms with Crippen LogP contribution in [0.4, 0.5) is 0 Å². The van der Waals surface area contributed by atoms with Crippen molar-refractivity contribution in [3.63, 3.8) is 0 Å². The molecule has 1 aromatic rings. The van der Waals surface area contributed by atoms with Gasteiger partial charge in [-0.05, 0) is 30.4 Å². The molecule has 0 spiro atoms. The highest BCUT2D eigenvalue weighted by atomic mass is 79.9. The largest absolute Gasteiger partial charge is 0.496 e. The lowest BCUT2D eigenvalue weighted by Crippen LogP contribution is -2.21. The molecule has 1 unspecified atom stereocenters. The summed E-state index contributed by atoms with van der Waals surface area (Å²) in [7, 11) is 1.57. The van der Waals surface area contributed by atoms with Crippen molar-refractivity contribution in [3.05, 3.63) is 28.2 Å². The summed E-state index contributed by atoms with van der Waals surface area (Å²) in [6.07, 6.45) is 0. The number of halogens is 1. The molecule has 4 nitrogen and oxygen atoms in total. The molecule has 0 bridgehead atoms. The van der Waals surface area contributed by atoms with Gasteiger partial charge in [0.25, 0.3) is 5.91 Å². The molecule has 1 amide bonds. The summed E-state index contributed by atoms with van der Waals surface area (Å²) in [4.78, 5) is 11.6. The molecule has 16 heavy (non-hydrogen) atoms. The number of hydrogen-bond donors (Lipinski definition) is 2. The molecule has 6 heteroatoms. The molecule has 1 fully saturated rings. The second-order valence-electron chi connectivity index (χ2n) is 3.28. The smallest absolute Gasteiger partial charge is 0.253 e. The van der Waals surface area contributed by atoms with E-state index in [0.717, 1.165) is 10.0 Å². The molecular weight excluding hydrogens is 292 g/mol. The Morgan fingerprint density at radius 1 is 1.50 bits per heavy atom. The monoisotopic (exact) mass is 300 g/mol. The number of amides is 1. The van der Waals surface area contributed by atoms with Gasteiger partial charge in [-0.3, -0.25) is 4.79 Å². The van der Waals surface area contributed by atoms with E-state index in [-0.39, 0.29) is 5.91 Å². The van der Waals surface area contributed by atoms with Gasteiger partial charge in [0.2, 0.25) is 0 Å². The Labute approximate surface area is 106 Å². The maximum atomic E-state index is 11.6. The zero-order valence-corrected chi connectivity index (χ0v) is 10.8. The molecule has 0 radical (unpaired) electrons. The zero-order valence-electron chi connectivity index (χ0n) is 8.41. The Morgan fingerprint density at radius 2 is 2.25 bits per heavy atom. The van der Waals surface area contributed by atoms with E-state index >= 15 is 0 Å². The van der Waals surface area contributed by atoms with Crippen LogP contribution in [0.3, 0.4) is 0 Å². The van der Waals surface area contributed by atoms with Gasteiger partial charge in [-0.25, -0.2) is 0 Å². The number of thiocarbonyl (C=S) groups is 1. The molecule has 2 rings (SSSR count). The minimum Gasteiger partial charge on any atom is -0.496 e. The second-order valence-corrected chi connectivity index (χ2v) is 4.61. The molecule has 1 heterocycles. The maximum Gasteiger partial charge on any atom is 0.253 e. The summed E-state index contributed by atoms with van der Waals surface area (Å²) in [6, 6.07) is 5.01. The van der Waals surface area contributed by atoms with E-state index in [9.17, 15) is 4.79 Å². The second kappa shape index (κ2) is 4.39. The van der Waals surface area contributed by atoms with Gasteiger partial charge in [-0.2, -0.15) is 0 Å². The van der Waals surface area contributed by atoms with E-state index < -0.39 is 6.04 Å². The minimum atomic E-state index is -0.486. The highest BCUT2D eigenvalue weighted by Gasteiger charge is 2.30. The fraction of sp³-hybridized carbons (Fsp3) is 0.200. The standard InChI is InChI=1S/C10H9BrN2O2S/c1-15-7-3-2-5(11)4-6(7)8-9(14)13-10(16)12-8/h2-4,8H,1H3,(H2,12,13,14,16). The van der Waals surface area contributed by atoms with Gasteiger partial charge < -0.3 is 15.4 Å². The quantitative estimate of drug-likeness (QED) is 0.813. The number of benzene rings is 1. The third-order valence-corrected chi connectivity index (χ3v) is 2.99. The van der Waals surface area contributed by atoms with Gasteiger partial charge in [0.1, 0.15) is 11.8 Å². The molecule has 1 atom stereocenters. The lowest BCUT2D eigenvalue weighted by molar-refractivity contribution is -0.120. The van der Waals surface area contributed by atoms with Gasteiger partial charge in [0.15, 0.2) is 5.11 Å². The molecule has 0 aliphatic carbocycles. The molecular formula is C10H9BrN2O2S.